The number of phenols is 1. The second-order valence-corrected chi connectivity index (χ2v) is 12.9. The maximum Gasteiger partial charge on any atom is 0.299 e. The summed E-state index contributed by atoms with van der Waals surface area (Å²) in [6, 6.07) is 15.2. The quantitative estimate of drug-likeness (QED) is 0.0911. The second-order valence-electron chi connectivity index (χ2n) is 11.4. The van der Waals surface area contributed by atoms with Crippen LogP contribution in [0.4, 0.5) is 22.7 Å². The molecule has 0 spiro atoms. The number of rotatable bonds is 11. The summed E-state index contributed by atoms with van der Waals surface area (Å²) in [6.45, 7) is 4.29. The Balaban J connectivity index is 1.44. The van der Waals surface area contributed by atoms with Crippen LogP contribution in [0.1, 0.15) is 17.7 Å². The zero-order valence-electron chi connectivity index (χ0n) is 27.1. The molecule has 3 heterocycles. The van der Waals surface area contributed by atoms with Crippen LogP contribution in [0.2, 0.25) is 0 Å². The van der Waals surface area contributed by atoms with Crippen LogP contribution in [0.5, 0.6) is 11.6 Å². The Morgan fingerprint density at radius 3 is 2.24 bits per heavy atom. The molecule has 16 nitrogen and oxygen atoms in total. The highest BCUT2D eigenvalue weighted by Crippen LogP contribution is 2.31. The van der Waals surface area contributed by atoms with Gasteiger partial charge in [-0.2, -0.15) is 9.68 Å². The van der Waals surface area contributed by atoms with Gasteiger partial charge in [0.25, 0.3) is 22.7 Å². The van der Waals surface area contributed by atoms with Crippen molar-refractivity contribution in [2.45, 2.75) is 31.7 Å². The lowest BCUT2D eigenvalue weighted by atomic mass is 10.2. The molecule has 0 saturated carbocycles. The lowest BCUT2D eigenvalue weighted by Crippen LogP contribution is -2.34. The topological polar surface area (TPSA) is 218 Å². The minimum Gasteiger partial charge on any atom is -0.506 e. The molecule has 5 N–H and O–H groups in total. The van der Waals surface area contributed by atoms with Crippen molar-refractivity contribution in [3.05, 3.63) is 105 Å². The van der Waals surface area contributed by atoms with Crippen LogP contribution in [-0.2, 0) is 16.6 Å². The lowest BCUT2D eigenvalue weighted by Gasteiger charge is -2.14. The molecule has 0 saturated heterocycles. The highest BCUT2D eigenvalue weighted by molar-refractivity contribution is 7.86. The first-order valence-corrected chi connectivity index (χ1v) is 16.5. The molecule has 0 aliphatic heterocycles. The Morgan fingerprint density at radius 1 is 0.918 bits per heavy atom. The van der Waals surface area contributed by atoms with Crippen molar-refractivity contribution >= 4 is 32.8 Å². The van der Waals surface area contributed by atoms with Gasteiger partial charge in [-0.05, 0) is 83.4 Å². The smallest absolute Gasteiger partial charge is 0.299 e. The van der Waals surface area contributed by atoms with Gasteiger partial charge in [-0.15, -0.1) is 15.3 Å². The molecule has 1 unspecified atom stereocenters. The first-order valence-electron chi connectivity index (χ1n) is 14.9. The van der Waals surface area contributed by atoms with Crippen molar-refractivity contribution < 1.29 is 23.5 Å². The van der Waals surface area contributed by atoms with E-state index in [9.17, 15) is 28.6 Å². The monoisotopic (exact) mass is 687 g/mol. The maximum absolute atomic E-state index is 13.5. The molecule has 2 aromatic carbocycles. The number of nitrogens with zero attached hydrogens (tertiary/aromatic N) is 8. The SMILES string of the molecule is Cc1[nH]n(-c2ccc(N=Nc3c(C)c(-[n+]4ccccc4)c(O)n(CCCN(C)C)c3=O)cc2)c(=O)c1N=Nc1cc(S(=N)(=O)O)ccc1O. The van der Waals surface area contributed by atoms with Gasteiger partial charge in [-0.1, -0.05) is 6.07 Å². The minimum atomic E-state index is -4.05. The number of H-pyrrole nitrogens is 1. The van der Waals surface area contributed by atoms with Crippen LogP contribution >= 0.6 is 0 Å². The molecular weight excluding hydrogens is 652 g/mol. The fourth-order valence-corrected chi connectivity index (χ4v) is 5.52. The van der Waals surface area contributed by atoms with E-state index in [1.54, 1.807) is 55.1 Å². The minimum absolute atomic E-state index is 0.0686. The second kappa shape index (κ2) is 14.1. The van der Waals surface area contributed by atoms with E-state index >= 15 is 0 Å². The predicted octanol–water partition coefficient (Wildman–Crippen LogP) is 5.29. The fraction of sp³-hybridized carbons (Fsp3) is 0.219. The van der Waals surface area contributed by atoms with Crippen molar-refractivity contribution in [1.82, 2.24) is 19.2 Å². The Kier molecular flexibility index (Phi) is 9.97. The zero-order valence-corrected chi connectivity index (χ0v) is 27.9. The van der Waals surface area contributed by atoms with E-state index in [-0.39, 0.29) is 40.1 Å². The summed E-state index contributed by atoms with van der Waals surface area (Å²) in [5.74, 6) is -0.518. The number of hydrogen-bond acceptors (Lipinski definition) is 11. The molecule has 5 rings (SSSR count). The van der Waals surface area contributed by atoms with Gasteiger partial charge in [0.05, 0.1) is 27.5 Å². The lowest BCUT2D eigenvalue weighted by molar-refractivity contribution is -0.597. The number of aromatic amines is 1. The van der Waals surface area contributed by atoms with Gasteiger partial charge in [-0.3, -0.25) is 23.8 Å². The molecule has 0 amide bonds. The largest absolute Gasteiger partial charge is 0.506 e. The number of pyridine rings is 2. The van der Waals surface area contributed by atoms with Crippen molar-refractivity contribution in [3.63, 3.8) is 0 Å². The average molecular weight is 688 g/mol. The number of aryl methyl sites for hydroxylation is 1. The van der Waals surface area contributed by atoms with Crippen LogP contribution in [0.15, 0.2) is 108 Å². The summed E-state index contributed by atoms with van der Waals surface area (Å²) in [7, 11) is -0.193. The van der Waals surface area contributed by atoms with Gasteiger partial charge in [-0.25, -0.2) is 13.7 Å². The zero-order chi connectivity index (χ0) is 35.5. The van der Waals surface area contributed by atoms with E-state index < -0.39 is 21.1 Å². The summed E-state index contributed by atoms with van der Waals surface area (Å²) >= 11 is 0. The number of phenolic OH excluding ortho intramolecular Hbond substituents is 1. The molecule has 0 radical (unpaired) electrons. The summed E-state index contributed by atoms with van der Waals surface area (Å²) in [5, 5.41) is 40.6. The molecule has 0 aliphatic rings. The van der Waals surface area contributed by atoms with E-state index in [1.807, 2.05) is 37.2 Å². The summed E-state index contributed by atoms with van der Waals surface area (Å²) < 4.78 is 32.8. The average Bonchev–Trinajstić information content (AvgIpc) is 3.34. The molecule has 254 valence electrons. The highest BCUT2D eigenvalue weighted by Gasteiger charge is 2.26. The highest BCUT2D eigenvalue weighted by atomic mass is 32.2. The number of nitrogens with one attached hydrogen (secondary N) is 2. The van der Waals surface area contributed by atoms with Crippen LogP contribution < -0.4 is 15.7 Å². The van der Waals surface area contributed by atoms with Crippen molar-refractivity contribution in [1.29, 1.82) is 4.78 Å². The molecule has 3 aromatic heterocycles. The summed E-state index contributed by atoms with van der Waals surface area (Å²) in [5.41, 5.74) is 0.824. The Bertz CT molecular complexity index is 2290. The van der Waals surface area contributed by atoms with Gasteiger partial charge in [0, 0.05) is 18.7 Å². The third-order valence-electron chi connectivity index (χ3n) is 7.52. The van der Waals surface area contributed by atoms with Gasteiger partial charge in [0.1, 0.15) is 11.4 Å². The van der Waals surface area contributed by atoms with Crippen LogP contribution in [0, 0.1) is 18.6 Å². The molecule has 0 fully saturated rings. The number of aromatic nitrogens is 4. The number of azo groups is 2. The molecule has 49 heavy (non-hydrogen) atoms. The van der Waals surface area contributed by atoms with Crippen LogP contribution in [0.25, 0.3) is 11.4 Å². The third kappa shape index (κ3) is 7.53. The van der Waals surface area contributed by atoms with E-state index in [1.165, 1.54) is 9.25 Å². The van der Waals surface area contributed by atoms with E-state index in [4.69, 9.17) is 4.78 Å². The normalized spacial score (nSPS) is 13.1. The molecule has 5 aromatic rings. The third-order valence-corrected chi connectivity index (χ3v) is 8.42. The van der Waals surface area contributed by atoms with Gasteiger partial charge in [0.15, 0.2) is 33.8 Å². The number of hydrogen-bond donors (Lipinski definition) is 5. The molecule has 0 aliphatic carbocycles. The first kappa shape index (κ1) is 34.6. The van der Waals surface area contributed by atoms with Gasteiger partial charge >= 0.3 is 0 Å². The maximum atomic E-state index is 13.5. The Hall–Kier alpha value is -5.78. The molecule has 0 bridgehead atoms. The number of aromatic hydroxyl groups is 2. The van der Waals surface area contributed by atoms with Crippen LogP contribution in [-0.4, -0.2) is 58.9 Å². The van der Waals surface area contributed by atoms with Gasteiger partial charge in [0.2, 0.25) is 0 Å². The molecule has 1 atom stereocenters. The number of benzene rings is 2. The fourth-order valence-electron chi connectivity index (χ4n) is 4.99. The van der Waals surface area contributed by atoms with Gasteiger partial charge < -0.3 is 15.1 Å². The van der Waals surface area contributed by atoms with E-state index in [0.717, 1.165) is 18.2 Å². The molecular formula is C32H35N10O6S+. The van der Waals surface area contributed by atoms with E-state index in [0.29, 0.717) is 41.3 Å². The Morgan fingerprint density at radius 2 is 1.59 bits per heavy atom. The summed E-state index contributed by atoms with van der Waals surface area (Å²) in [6.07, 6.45) is 4.15. The van der Waals surface area contributed by atoms with Crippen molar-refractivity contribution in [2.24, 2.45) is 20.5 Å². The molecule has 17 heteroatoms. The summed E-state index contributed by atoms with van der Waals surface area (Å²) in [4.78, 5) is 28.5. The predicted molar refractivity (Wildman–Crippen MR) is 181 cm³/mol. The standard InChI is InChI=1S/C32H34N10O6S/c1-20-27(30(44)41(18-8-15-39(3)4)32(46)29(20)40-16-6-5-7-17-40)36-34-22-9-11-23(12-10-22)42-31(45)28(21(2)38-42)37-35-25-19-24(49(33,47)48)13-14-26(25)43/h5-7,9-14,16-17,19H,8,15,18H2,1-4H3,(H4-,33,34,35,36,37,38,43,44,45,46,47,48)/p+1. The van der Waals surface area contributed by atoms with E-state index in [2.05, 4.69) is 25.6 Å². The Labute approximate surface area is 280 Å². The first-order chi connectivity index (χ1) is 23.3. The van der Waals surface area contributed by atoms with Crippen molar-refractivity contribution in [2.75, 3.05) is 20.6 Å². The van der Waals surface area contributed by atoms with Crippen molar-refractivity contribution in [3.8, 4) is 23.0 Å². The van der Waals surface area contributed by atoms with Crippen LogP contribution in [0.3, 0.4) is 0 Å².